The third kappa shape index (κ3) is 7.58. The van der Waals surface area contributed by atoms with Crippen LogP contribution in [0.25, 0.3) is 17.2 Å². The Kier molecular flexibility index (Phi) is 9.60. The van der Waals surface area contributed by atoms with Crippen LogP contribution in [-0.2, 0) is 16.3 Å². The normalized spacial score (nSPS) is 15.9. The number of carbonyl (C=O) groups is 2. The summed E-state index contributed by atoms with van der Waals surface area (Å²) in [6, 6.07) is 10.1. The van der Waals surface area contributed by atoms with Crippen molar-refractivity contribution in [2.75, 3.05) is 11.9 Å². The number of ether oxygens (including phenoxy) is 1. The van der Waals surface area contributed by atoms with Gasteiger partial charge in [-0.15, -0.1) is 0 Å². The van der Waals surface area contributed by atoms with Crippen LogP contribution in [0.1, 0.15) is 67.4 Å². The fourth-order valence-corrected chi connectivity index (χ4v) is 6.84. The molecule has 2 aliphatic rings. The van der Waals surface area contributed by atoms with E-state index in [1.807, 2.05) is 55.8 Å². The van der Waals surface area contributed by atoms with Crippen LogP contribution in [0.3, 0.4) is 0 Å². The molecule has 0 saturated heterocycles. The second-order valence-corrected chi connectivity index (χ2v) is 19.5. The van der Waals surface area contributed by atoms with Crippen molar-refractivity contribution in [2.24, 2.45) is 17.8 Å². The molecule has 0 aliphatic heterocycles. The lowest BCUT2D eigenvalue weighted by Crippen LogP contribution is -2.50. The fraction of sp³-hybridized carbons (Fsp3) is 0.529. The van der Waals surface area contributed by atoms with E-state index in [9.17, 15) is 9.59 Å². The van der Waals surface area contributed by atoms with E-state index in [1.165, 1.54) is 0 Å². The molecule has 0 spiro atoms. The summed E-state index contributed by atoms with van der Waals surface area (Å²) in [5, 5.41) is 15.3. The number of hydrogen-bond donors (Lipinski definition) is 2. The second kappa shape index (κ2) is 13.2. The number of benzene rings is 1. The Hall–Kier alpha value is -3.50. The SMILES string of the molecule is C=Cc1c(-c2ccc(NC(=O)[C@@H](NC(=O)c3ccnn3C(C)C)C(C3CC3)C3CC3)cc2)c(C)nn1COCC[Si](C)(C)C. The zero-order valence-electron chi connectivity index (χ0n) is 27.1. The average Bonchev–Trinajstić information content (AvgIpc) is 3.90. The smallest absolute Gasteiger partial charge is 0.270 e. The van der Waals surface area contributed by atoms with Crippen molar-refractivity contribution in [1.82, 2.24) is 24.9 Å². The van der Waals surface area contributed by atoms with E-state index in [4.69, 9.17) is 9.84 Å². The molecule has 2 saturated carbocycles. The van der Waals surface area contributed by atoms with E-state index in [-0.39, 0.29) is 23.8 Å². The zero-order chi connectivity index (χ0) is 31.6. The van der Waals surface area contributed by atoms with Gasteiger partial charge in [-0.3, -0.25) is 14.3 Å². The zero-order valence-corrected chi connectivity index (χ0v) is 28.1. The average molecular weight is 617 g/mol. The van der Waals surface area contributed by atoms with E-state index in [1.54, 1.807) is 16.9 Å². The second-order valence-electron chi connectivity index (χ2n) is 13.9. The van der Waals surface area contributed by atoms with Crippen LogP contribution in [0.5, 0.6) is 0 Å². The highest BCUT2D eigenvalue weighted by molar-refractivity contribution is 6.76. The highest BCUT2D eigenvalue weighted by Gasteiger charge is 2.48. The van der Waals surface area contributed by atoms with Crippen LogP contribution in [0.2, 0.25) is 25.7 Å². The van der Waals surface area contributed by atoms with Crippen LogP contribution >= 0.6 is 0 Å². The maximum atomic E-state index is 13.9. The largest absolute Gasteiger partial charge is 0.360 e. The number of aromatic nitrogens is 4. The lowest BCUT2D eigenvalue weighted by molar-refractivity contribution is -0.119. The van der Waals surface area contributed by atoms with Crippen LogP contribution < -0.4 is 10.6 Å². The molecular formula is C34H48N6O3Si. The number of nitrogens with one attached hydrogen (secondary N) is 2. The molecule has 2 aliphatic carbocycles. The van der Waals surface area contributed by atoms with Gasteiger partial charge in [0.2, 0.25) is 5.91 Å². The Morgan fingerprint density at radius 3 is 2.32 bits per heavy atom. The maximum Gasteiger partial charge on any atom is 0.270 e. The molecule has 5 rings (SSSR count). The summed E-state index contributed by atoms with van der Waals surface area (Å²) in [5.41, 5.74) is 4.96. The molecule has 10 heteroatoms. The summed E-state index contributed by atoms with van der Waals surface area (Å²) in [6.45, 7) is 18.1. The minimum Gasteiger partial charge on any atom is -0.360 e. The van der Waals surface area contributed by atoms with Gasteiger partial charge in [-0.2, -0.15) is 10.2 Å². The minimum absolute atomic E-state index is 0.0408. The van der Waals surface area contributed by atoms with Gasteiger partial charge in [0.05, 0.1) is 11.4 Å². The molecule has 44 heavy (non-hydrogen) atoms. The Morgan fingerprint density at radius 1 is 1.09 bits per heavy atom. The number of carbonyl (C=O) groups excluding carboxylic acids is 2. The molecule has 3 aromatic rings. The van der Waals surface area contributed by atoms with E-state index < -0.39 is 14.1 Å². The molecule has 1 atom stereocenters. The molecule has 0 bridgehead atoms. The van der Waals surface area contributed by atoms with Crippen molar-refractivity contribution in [1.29, 1.82) is 0 Å². The minimum atomic E-state index is -1.17. The van der Waals surface area contributed by atoms with Gasteiger partial charge in [-0.25, -0.2) is 4.68 Å². The molecule has 236 valence electrons. The third-order valence-corrected chi connectivity index (χ3v) is 10.4. The van der Waals surface area contributed by atoms with Crippen molar-refractivity contribution >= 4 is 31.7 Å². The molecular weight excluding hydrogens is 568 g/mol. The lowest BCUT2D eigenvalue weighted by atomic mass is 9.88. The summed E-state index contributed by atoms with van der Waals surface area (Å²) < 4.78 is 9.53. The number of aryl methyl sites for hydroxylation is 1. The first-order valence-corrected chi connectivity index (χ1v) is 19.7. The summed E-state index contributed by atoms with van der Waals surface area (Å²) in [4.78, 5) is 27.3. The standard InChI is InChI=1S/C34H48N6O3Si/c1-8-28-30(23(4)38-39(28)21-43-19-20-44(5,6)7)24-13-15-27(16-14-24)36-34(42)32(31(25-9-10-25)26-11-12-26)37-33(41)29-17-18-35-40(29)22(2)3/h8,13-18,22,25-26,31-32H,1,9-12,19-21H2,2-7H3,(H,36,42)(H,37,41)/t32-/m0/s1. The quantitative estimate of drug-likeness (QED) is 0.145. The fourth-order valence-electron chi connectivity index (χ4n) is 6.08. The predicted octanol–water partition coefficient (Wildman–Crippen LogP) is 6.76. The Labute approximate surface area is 262 Å². The van der Waals surface area contributed by atoms with Gasteiger partial charge >= 0.3 is 0 Å². The molecule has 2 N–H and O–H groups in total. The predicted molar refractivity (Wildman–Crippen MR) is 178 cm³/mol. The van der Waals surface area contributed by atoms with Crippen LogP contribution in [-0.4, -0.2) is 52.1 Å². The maximum absolute atomic E-state index is 13.9. The monoisotopic (exact) mass is 616 g/mol. The van der Waals surface area contributed by atoms with Crippen LogP contribution in [0.15, 0.2) is 43.1 Å². The van der Waals surface area contributed by atoms with E-state index in [0.29, 0.717) is 29.9 Å². The van der Waals surface area contributed by atoms with Crippen molar-refractivity contribution in [3.8, 4) is 11.1 Å². The topological polar surface area (TPSA) is 103 Å². The van der Waals surface area contributed by atoms with E-state index in [0.717, 1.165) is 60.8 Å². The van der Waals surface area contributed by atoms with Crippen LogP contribution in [0.4, 0.5) is 5.69 Å². The number of anilines is 1. The van der Waals surface area contributed by atoms with Crippen molar-refractivity contribution < 1.29 is 14.3 Å². The van der Waals surface area contributed by atoms with Crippen molar-refractivity contribution in [3.63, 3.8) is 0 Å². The number of hydrogen-bond acceptors (Lipinski definition) is 5. The van der Waals surface area contributed by atoms with E-state index in [2.05, 4.69) is 42.0 Å². The summed E-state index contributed by atoms with van der Waals surface area (Å²) in [7, 11) is -1.17. The van der Waals surface area contributed by atoms with Crippen LogP contribution in [0, 0.1) is 24.7 Å². The van der Waals surface area contributed by atoms with Crippen molar-refractivity contribution in [3.05, 3.63) is 60.2 Å². The summed E-state index contributed by atoms with van der Waals surface area (Å²) in [6.07, 6.45) is 7.91. The highest BCUT2D eigenvalue weighted by Crippen LogP contribution is 2.51. The summed E-state index contributed by atoms with van der Waals surface area (Å²) >= 11 is 0. The Bertz CT molecular complexity index is 1470. The molecule has 2 fully saturated rings. The first-order chi connectivity index (χ1) is 21.0. The molecule has 0 unspecified atom stereocenters. The van der Waals surface area contributed by atoms with Gasteiger partial charge in [0, 0.05) is 38.2 Å². The molecule has 2 heterocycles. The number of amides is 2. The van der Waals surface area contributed by atoms with Gasteiger partial charge in [0.15, 0.2) is 0 Å². The molecule has 2 aromatic heterocycles. The van der Waals surface area contributed by atoms with E-state index >= 15 is 0 Å². The Balaban J connectivity index is 1.31. The van der Waals surface area contributed by atoms with Crippen molar-refractivity contribution in [2.45, 2.75) is 91.0 Å². The number of rotatable bonds is 15. The van der Waals surface area contributed by atoms with Gasteiger partial charge in [-0.05, 0) is 100 Å². The van der Waals surface area contributed by atoms with Gasteiger partial charge in [0.1, 0.15) is 18.5 Å². The highest BCUT2D eigenvalue weighted by atomic mass is 28.3. The molecule has 0 radical (unpaired) electrons. The first kappa shape index (κ1) is 31.9. The van der Waals surface area contributed by atoms with Gasteiger partial charge in [0.25, 0.3) is 5.91 Å². The Morgan fingerprint density at radius 2 is 1.75 bits per heavy atom. The lowest BCUT2D eigenvalue weighted by Gasteiger charge is -2.28. The first-order valence-electron chi connectivity index (χ1n) is 16.0. The number of nitrogens with zero attached hydrogens (tertiary/aromatic N) is 4. The van der Waals surface area contributed by atoms with Gasteiger partial charge in [-0.1, -0.05) is 38.4 Å². The van der Waals surface area contributed by atoms with Gasteiger partial charge < -0.3 is 15.4 Å². The molecule has 9 nitrogen and oxygen atoms in total. The molecule has 2 amide bonds. The molecule has 1 aromatic carbocycles. The summed E-state index contributed by atoms with van der Waals surface area (Å²) in [5.74, 6) is 0.675. The third-order valence-electron chi connectivity index (χ3n) is 8.69.